The molecule has 0 spiro atoms. The number of esters is 1. The molecule has 4 nitrogen and oxygen atoms in total. The molecule has 7 heteroatoms. The minimum Gasteiger partial charge on any atom is -0.466 e. The van der Waals surface area contributed by atoms with Crippen LogP contribution >= 0.6 is 39.1 Å². The Morgan fingerprint density at radius 2 is 1.95 bits per heavy atom. The van der Waals surface area contributed by atoms with E-state index in [-0.39, 0.29) is 23.8 Å². The van der Waals surface area contributed by atoms with E-state index in [4.69, 9.17) is 27.9 Å². The Morgan fingerprint density at radius 1 is 1.26 bits per heavy atom. The number of nitrogens with one attached hydrogen (secondary N) is 1. The molecule has 0 saturated heterocycles. The second-order valence-corrected chi connectivity index (χ2v) is 5.19. The summed E-state index contributed by atoms with van der Waals surface area (Å²) in [6.45, 7) is 2.01. The Labute approximate surface area is 129 Å². The predicted octanol–water partition coefficient (Wildman–Crippen LogP) is 4.04. The second kappa shape index (κ2) is 7.72. The zero-order valence-corrected chi connectivity index (χ0v) is 13.2. The number of hydrogen-bond acceptors (Lipinski definition) is 3. The van der Waals surface area contributed by atoms with Gasteiger partial charge in [-0.2, -0.15) is 0 Å². The zero-order chi connectivity index (χ0) is 14.4. The molecule has 19 heavy (non-hydrogen) atoms. The van der Waals surface area contributed by atoms with Crippen molar-refractivity contribution in [2.24, 2.45) is 0 Å². The maximum Gasteiger partial charge on any atom is 0.306 e. The van der Waals surface area contributed by atoms with E-state index >= 15 is 0 Å². The van der Waals surface area contributed by atoms with Crippen molar-refractivity contribution in [3.05, 3.63) is 26.7 Å². The van der Waals surface area contributed by atoms with Crippen LogP contribution in [0.2, 0.25) is 10.0 Å². The van der Waals surface area contributed by atoms with E-state index in [1.165, 1.54) is 0 Å². The monoisotopic (exact) mass is 367 g/mol. The van der Waals surface area contributed by atoms with Gasteiger partial charge in [0.25, 0.3) is 0 Å². The number of amides is 1. The molecule has 1 aromatic carbocycles. The number of hydrogen-bond donors (Lipinski definition) is 1. The number of benzene rings is 1. The van der Waals surface area contributed by atoms with Gasteiger partial charge in [0.15, 0.2) is 0 Å². The molecule has 0 unspecified atom stereocenters. The second-order valence-electron chi connectivity index (χ2n) is 3.58. The highest BCUT2D eigenvalue weighted by molar-refractivity contribution is 9.10. The number of carbonyl (C=O) groups excluding carboxylic acids is 2. The van der Waals surface area contributed by atoms with Gasteiger partial charge in [0.1, 0.15) is 0 Å². The van der Waals surface area contributed by atoms with Crippen molar-refractivity contribution in [1.82, 2.24) is 0 Å². The summed E-state index contributed by atoms with van der Waals surface area (Å²) in [6, 6.07) is 3.30. The van der Waals surface area contributed by atoms with Crippen LogP contribution in [0.15, 0.2) is 16.6 Å². The summed E-state index contributed by atoms with van der Waals surface area (Å²) in [7, 11) is 0. The number of halogens is 3. The first-order chi connectivity index (χ1) is 8.95. The number of anilines is 1. The lowest BCUT2D eigenvalue weighted by Gasteiger charge is -2.09. The van der Waals surface area contributed by atoms with E-state index in [2.05, 4.69) is 21.2 Å². The first-order valence-corrected chi connectivity index (χ1v) is 7.09. The maximum atomic E-state index is 11.6. The maximum absolute atomic E-state index is 11.6. The molecule has 0 bridgehead atoms. The Hall–Kier alpha value is -0.780. The summed E-state index contributed by atoms with van der Waals surface area (Å²) in [5.74, 6) is -0.731. The molecule has 1 amide bonds. The van der Waals surface area contributed by atoms with E-state index in [1.807, 2.05) is 0 Å². The van der Waals surface area contributed by atoms with Crippen LogP contribution in [-0.2, 0) is 14.3 Å². The fraction of sp³-hybridized carbons (Fsp3) is 0.333. The van der Waals surface area contributed by atoms with Crippen LogP contribution in [0.3, 0.4) is 0 Å². The quantitative estimate of drug-likeness (QED) is 0.630. The van der Waals surface area contributed by atoms with E-state index in [9.17, 15) is 9.59 Å². The lowest BCUT2D eigenvalue weighted by atomic mass is 10.2. The van der Waals surface area contributed by atoms with Gasteiger partial charge in [-0.25, -0.2) is 0 Å². The highest BCUT2D eigenvalue weighted by atomic mass is 79.9. The molecule has 0 fully saturated rings. The van der Waals surface area contributed by atoms with Gasteiger partial charge in [-0.3, -0.25) is 9.59 Å². The summed E-state index contributed by atoms with van der Waals surface area (Å²) in [5.41, 5.74) is 0.406. The van der Waals surface area contributed by atoms with Crippen LogP contribution in [0, 0.1) is 0 Å². The van der Waals surface area contributed by atoms with Crippen LogP contribution in [0.1, 0.15) is 19.8 Å². The summed E-state index contributed by atoms with van der Waals surface area (Å²) >= 11 is 15.1. The van der Waals surface area contributed by atoms with Crippen molar-refractivity contribution >= 4 is 56.7 Å². The van der Waals surface area contributed by atoms with Crippen molar-refractivity contribution in [2.45, 2.75) is 19.8 Å². The van der Waals surface area contributed by atoms with Crippen LogP contribution in [0.4, 0.5) is 5.69 Å². The zero-order valence-electron chi connectivity index (χ0n) is 10.1. The van der Waals surface area contributed by atoms with Crippen LogP contribution in [0.25, 0.3) is 0 Å². The van der Waals surface area contributed by atoms with Crippen molar-refractivity contribution < 1.29 is 14.3 Å². The van der Waals surface area contributed by atoms with E-state index < -0.39 is 5.97 Å². The molecule has 0 aliphatic carbocycles. The molecule has 0 radical (unpaired) electrons. The Balaban J connectivity index is 2.58. The van der Waals surface area contributed by atoms with Crippen LogP contribution in [-0.4, -0.2) is 18.5 Å². The van der Waals surface area contributed by atoms with Gasteiger partial charge in [0.05, 0.1) is 28.8 Å². The third-order valence-electron chi connectivity index (χ3n) is 2.17. The Morgan fingerprint density at radius 3 is 2.58 bits per heavy atom. The fourth-order valence-electron chi connectivity index (χ4n) is 1.28. The summed E-state index contributed by atoms with van der Waals surface area (Å²) in [5, 5.41) is 3.17. The molecule has 0 aliphatic rings. The van der Waals surface area contributed by atoms with Crippen LogP contribution in [0.5, 0.6) is 0 Å². The van der Waals surface area contributed by atoms with Crippen molar-refractivity contribution in [3.63, 3.8) is 0 Å². The normalized spacial score (nSPS) is 10.1. The topological polar surface area (TPSA) is 55.4 Å². The third kappa shape index (κ3) is 5.01. The molecule has 104 valence electrons. The van der Waals surface area contributed by atoms with Crippen molar-refractivity contribution in [2.75, 3.05) is 11.9 Å². The molecule has 1 N–H and O–H groups in total. The summed E-state index contributed by atoms with van der Waals surface area (Å²) in [4.78, 5) is 22.7. The molecule has 0 heterocycles. The smallest absolute Gasteiger partial charge is 0.306 e. The third-order valence-corrected chi connectivity index (χ3v) is 3.94. The molecule has 1 aromatic rings. The molecule has 0 saturated carbocycles. The van der Waals surface area contributed by atoms with Crippen molar-refractivity contribution in [3.8, 4) is 0 Å². The summed E-state index contributed by atoms with van der Waals surface area (Å²) < 4.78 is 5.37. The first kappa shape index (κ1) is 16.3. The molecular weight excluding hydrogens is 357 g/mol. The highest BCUT2D eigenvalue weighted by Gasteiger charge is 2.12. The molecule has 1 rings (SSSR count). The standard InChI is InChI=1S/C12H12BrCl2NO3/c1-2-19-10(18)6-5-9(17)16-8-4-3-7(13)11(14)12(8)15/h3-4H,2,5-6H2,1H3,(H,16,17). The molecule has 0 aromatic heterocycles. The van der Waals surface area contributed by atoms with Gasteiger partial charge in [-0.1, -0.05) is 23.2 Å². The van der Waals surface area contributed by atoms with Gasteiger partial charge < -0.3 is 10.1 Å². The number of ether oxygens (including phenoxy) is 1. The first-order valence-electron chi connectivity index (χ1n) is 5.54. The summed E-state index contributed by atoms with van der Waals surface area (Å²) in [6.07, 6.45) is 0.0599. The number of carbonyl (C=O) groups is 2. The fourth-order valence-corrected chi connectivity index (χ4v) is 2.11. The predicted molar refractivity (Wildman–Crippen MR) is 78.7 cm³/mol. The van der Waals surface area contributed by atoms with E-state index in [0.29, 0.717) is 21.8 Å². The lowest BCUT2D eigenvalue weighted by molar-refractivity contribution is -0.144. The van der Waals surface area contributed by atoms with E-state index in [1.54, 1.807) is 19.1 Å². The van der Waals surface area contributed by atoms with Crippen molar-refractivity contribution in [1.29, 1.82) is 0 Å². The average molecular weight is 369 g/mol. The van der Waals surface area contributed by atoms with Gasteiger partial charge in [-0.15, -0.1) is 0 Å². The molecule has 0 aliphatic heterocycles. The van der Waals surface area contributed by atoms with Gasteiger partial charge in [0, 0.05) is 10.9 Å². The van der Waals surface area contributed by atoms with Gasteiger partial charge in [-0.05, 0) is 35.0 Å². The lowest BCUT2D eigenvalue weighted by Crippen LogP contribution is -2.14. The van der Waals surface area contributed by atoms with E-state index in [0.717, 1.165) is 0 Å². The largest absolute Gasteiger partial charge is 0.466 e. The SMILES string of the molecule is CCOC(=O)CCC(=O)Nc1ccc(Br)c(Cl)c1Cl. The molecular formula is C12H12BrCl2NO3. The van der Waals surface area contributed by atoms with Gasteiger partial charge in [0.2, 0.25) is 5.91 Å². The van der Waals surface area contributed by atoms with Gasteiger partial charge >= 0.3 is 5.97 Å². The molecule has 0 atom stereocenters. The highest BCUT2D eigenvalue weighted by Crippen LogP contribution is 2.35. The number of rotatable bonds is 5. The Bertz CT molecular complexity index is 494. The average Bonchev–Trinajstić information content (AvgIpc) is 2.37. The minimum absolute atomic E-state index is 0.0293. The Kier molecular flexibility index (Phi) is 6.62. The minimum atomic E-state index is -0.405. The van der Waals surface area contributed by atoms with Crippen LogP contribution < -0.4 is 5.32 Å².